The second kappa shape index (κ2) is 5.28. The molecule has 0 radical (unpaired) electrons. The third kappa shape index (κ3) is 2.39. The molecule has 108 valence electrons. The van der Waals surface area contributed by atoms with Crippen molar-refractivity contribution in [3.8, 4) is 5.69 Å². The predicted octanol–water partition coefficient (Wildman–Crippen LogP) is 5.26. The Labute approximate surface area is 129 Å². The Morgan fingerprint density at radius 1 is 1.19 bits per heavy atom. The molecule has 0 aliphatic rings. The summed E-state index contributed by atoms with van der Waals surface area (Å²) in [5.41, 5.74) is 1.11. The molecule has 21 heavy (non-hydrogen) atoms. The van der Waals surface area contributed by atoms with E-state index < -0.39 is 17.0 Å². The zero-order chi connectivity index (χ0) is 15.1. The zero-order valence-corrected chi connectivity index (χ0v) is 12.5. The van der Waals surface area contributed by atoms with Gasteiger partial charge >= 0.3 is 0 Å². The summed E-state index contributed by atoms with van der Waals surface area (Å²) in [6.45, 7) is 1.71. The van der Waals surface area contributed by atoms with Gasteiger partial charge in [-0.25, -0.2) is 13.8 Å². The summed E-state index contributed by atoms with van der Waals surface area (Å²) in [5, 5.41) is -0.256. The van der Waals surface area contributed by atoms with E-state index in [0.29, 0.717) is 16.9 Å². The number of hydrogen-bond acceptors (Lipinski definition) is 1. The van der Waals surface area contributed by atoms with Crippen LogP contribution in [0.5, 0.6) is 0 Å². The van der Waals surface area contributed by atoms with Crippen LogP contribution in [-0.2, 0) is 0 Å². The highest BCUT2D eigenvalue weighted by atomic mass is 35.5. The lowest BCUT2D eigenvalue weighted by Crippen LogP contribution is -2.05. The van der Waals surface area contributed by atoms with Crippen molar-refractivity contribution in [3.63, 3.8) is 0 Å². The maximum Gasteiger partial charge on any atom is 0.148 e. The molecule has 0 fully saturated rings. The Balaban J connectivity index is 2.42. The molecule has 0 aliphatic heterocycles. The van der Waals surface area contributed by atoms with E-state index in [4.69, 9.17) is 23.2 Å². The SMILES string of the molecule is CC(Cl)c1nc2cc(F)ccc2n1-c1c(F)cccc1Cl. The van der Waals surface area contributed by atoms with E-state index in [0.717, 1.165) is 0 Å². The van der Waals surface area contributed by atoms with Gasteiger partial charge < -0.3 is 0 Å². The molecule has 0 amide bonds. The van der Waals surface area contributed by atoms with Crippen LogP contribution in [-0.4, -0.2) is 9.55 Å². The number of hydrogen-bond donors (Lipinski definition) is 0. The molecule has 0 bridgehead atoms. The molecule has 0 saturated carbocycles. The Kier molecular flexibility index (Phi) is 3.59. The van der Waals surface area contributed by atoms with Gasteiger partial charge in [-0.05, 0) is 31.2 Å². The first kappa shape index (κ1) is 14.3. The highest BCUT2D eigenvalue weighted by molar-refractivity contribution is 6.32. The summed E-state index contributed by atoms with van der Waals surface area (Å²) in [6.07, 6.45) is 0. The van der Waals surface area contributed by atoms with Crippen LogP contribution in [0.25, 0.3) is 16.7 Å². The first-order valence-electron chi connectivity index (χ1n) is 6.25. The third-order valence-electron chi connectivity index (χ3n) is 3.16. The van der Waals surface area contributed by atoms with Gasteiger partial charge in [-0.3, -0.25) is 4.57 Å². The van der Waals surface area contributed by atoms with Crippen LogP contribution in [0.15, 0.2) is 36.4 Å². The van der Waals surface area contributed by atoms with E-state index in [1.54, 1.807) is 13.0 Å². The normalized spacial score (nSPS) is 12.8. The summed E-state index contributed by atoms with van der Waals surface area (Å²) in [5.74, 6) is -0.505. The van der Waals surface area contributed by atoms with Crippen LogP contribution in [0.3, 0.4) is 0 Å². The maximum atomic E-state index is 14.2. The molecule has 0 saturated heterocycles. The smallest absolute Gasteiger partial charge is 0.148 e. The van der Waals surface area contributed by atoms with E-state index in [1.165, 1.54) is 34.9 Å². The number of nitrogens with zero attached hydrogens (tertiary/aromatic N) is 2. The van der Waals surface area contributed by atoms with E-state index in [-0.39, 0.29) is 10.7 Å². The van der Waals surface area contributed by atoms with Crippen LogP contribution in [0.1, 0.15) is 18.1 Å². The Hall–Kier alpha value is -1.65. The number of imidazole rings is 1. The van der Waals surface area contributed by atoms with Gasteiger partial charge in [0.05, 0.1) is 21.4 Å². The van der Waals surface area contributed by atoms with Crippen molar-refractivity contribution in [2.24, 2.45) is 0 Å². The molecule has 1 unspecified atom stereocenters. The third-order valence-corrected chi connectivity index (χ3v) is 3.66. The van der Waals surface area contributed by atoms with Crippen LogP contribution >= 0.6 is 23.2 Å². The quantitative estimate of drug-likeness (QED) is 0.587. The van der Waals surface area contributed by atoms with Crippen molar-refractivity contribution in [1.82, 2.24) is 9.55 Å². The van der Waals surface area contributed by atoms with Crippen LogP contribution in [0.2, 0.25) is 5.02 Å². The van der Waals surface area contributed by atoms with Gasteiger partial charge in [0.2, 0.25) is 0 Å². The lowest BCUT2D eigenvalue weighted by Gasteiger charge is -2.13. The summed E-state index contributed by atoms with van der Waals surface area (Å²) in [6, 6.07) is 8.51. The minimum absolute atomic E-state index is 0.163. The maximum absolute atomic E-state index is 14.2. The van der Waals surface area contributed by atoms with Gasteiger partial charge in [-0.15, -0.1) is 11.6 Å². The van der Waals surface area contributed by atoms with Crippen LogP contribution in [0.4, 0.5) is 8.78 Å². The monoisotopic (exact) mass is 326 g/mol. The molecule has 0 aliphatic carbocycles. The number of fused-ring (bicyclic) bond motifs is 1. The topological polar surface area (TPSA) is 17.8 Å². The fourth-order valence-electron chi connectivity index (χ4n) is 2.28. The predicted molar refractivity (Wildman–Crippen MR) is 80.3 cm³/mol. The van der Waals surface area contributed by atoms with Crippen molar-refractivity contribution in [1.29, 1.82) is 0 Å². The molecule has 3 rings (SSSR count). The zero-order valence-electron chi connectivity index (χ0n) is 10.9. The minimum Gasteiger partial charge on any atom is -0.291 e. The van der Waals surface area contributed by atoms with Crippen molar-refractivity contribution >= 4 is 34.2 Å². The van der Waals surface area contributed by atoms with Gasteiger partial charge in [-0.2, -0.15) is 0 Å². The summed E-state index contributed by atoms with van der Waals surface area (Å²) in [7, 11) is 0. The molecule has 1 heterocycles. The highest BCUT2D eigenvalue weighted by Crippen LogP contribution is 2.33. The van der Waals surface area contributed by atoms with Crippen LogP contribution < -0.4 is 0 Å². The van der Waals surface area contributed by atoms with E-state index >= 15 is 0 Å². The Morgan fingerprint density at radius 2 is 1.95 bits per heavy atom. The lowest BCUT2D eigenvalue weighted by atomic mass is 10.2. The fourth-order valence-corrected chi connectivity index (χ4v) is 2.67. The van der Waals surface area contributed by atoms with Gasteiger partial charge in [0.15, 0.2) is 0 Å². The Bertz CT molecular complexity index is 808. The van der Waals surface area contributed by atoms with Gasteiger partial charge in [0.1, 0.15) is 23.1 Å². The van der Waals surface area contributed by atoms with Gasteiger partial charge in [0.25, 0.3) is 0 Å². The standard InChI is InChI=1S/C15H10Cl2F2N2/c1-8(16)15-20-12-7-9(18)5-6-13(12)21(15)14-10(17)3-2-4-11(14)19/h2-8H,1H3. The number of rotatable bonds is 2. The number of alkyl halides is 1. The molecule has 0 spiro atoms. The molecule has 3 aromatic rings. The average molecular weight is 327 g/mol. The first-order valence-corrected chi connectivity index (χ1v) is 7.07. The summed E-state index contributed by atoms with van der Waals surface area (Å²) < 4.78 is 29.1. The first-order chi connectivity index (χ1) is 9.99. The second-order valence-corrected chi connectivity index (χ2v) is 5.69. The van der Waals surface area contributed by atoms with Crippen molar-refractivity contribution in [3.05, 3.63) is 58.9 Å². The number of aromatic nitrogens is 2. The molecular weight excluding hydrogens is 317 g/mol. The van der Waals surface area contributed by atoms with Crippen molar-refractivity contribution in [2.45, 2.75) is 12.3 Å². The average Bonchev–Trinajstić information content (AvgIpc) is 2.77. The minimum atomic E-state index is -0.496. The fraction of sp³-hybridized carbons (Fsp3) is 0.133. The van der Waals surface area contributed by atoms with E-state index in [2.05, 4.69) is 4.98 Å². The Morgan fingerprint density at radius 3 is 2.62 bits per heavy atom. The van der Waals surface area contributed by atoms with Crippen LogP contribution in [0, 0.1) is 11.6 Å². The molecule has 0 N–H and O–H groups in total. The molecule has 1 atom stereocenters. The van der Waals surface area contributed by atoms with E-state index in [9.17, 15) is 8.78 Å². The lowest BCUT2D eigenvalue weighted by molar-refractivity contribution is 0.616. The summed E-state index contributed by atoms with van der Waals surface area (Å²) >= 11 is 12.3. The molecule has 1 aromatic heterocycles. The van der Waals surface area contributed by atoms with Gasteiger partial charge in [-0.1, -0.05) is 17.7 Å². The number of halogens is 4. The van der Waals surface area contributed by atoms with Gasteiger partial charge in [0, 0.05) is 6.07 Å². The number of benzene rings is 2. The molecule has 2 aromatic carbocycles. The molecule has 6 heteroatoms. The number of para-hydroxylation sites is 1. The largest absolute Gasteiger partial charge is 0.291 e. The summed E-state index contributed by atoms with van der Waals surface area (Å²) in [4.78, 5) is 4.30. The molecular formula is C15H10Cl2F2N2. The van der Waals surface area contributed by atoms with Crippen molar-refractivity contribution in [2.75, 3.05) is 0 Å². The molecule has 2 nitrogen and oxygen atoms in total. The highest BCUT2D eigenvalue weighted by Gasteiger charge is 2.20. The van der Waals surface area contributed by atoms with E-state index in [1.807, 2.05) is 0 Å². The second-order valence-electron chi connectivity index (χ2n) is 4.62. The van der Waals surface area contributed by atoms with Crippen molar-refractivity contribution < 1.29 is 8.78 Å².